The number of aromatic nitrogens is 1. The van der Waals surface area contributed by atoms with Crippen LogP contribution in [0.2, 0.25) is 0 Å². The first kappa shape index (κ1) is 12.2. The number of nitrogens with two attached hydrogens (primary N) is 1. The van der Waals surface area contributed by atoms with Gasteiger partial charge in [0.05, 0.1) is 0 Å². The van der Waals surface area contributed by atoms with Gasteiger partial charge in [-0.25, -0.2) is 4.98 Å². The summed E-state index contributed by atoms with van der Waals surface area (Å²) >= 11 is 0. The van der Waals surface area contributed by atoms with Crippen molar-refractivity contribution in [3.05, 3.63) is 23.9 Å². The number of halogens is 3. The van der Waals surface area contributed by atoms with Gasteiger partial charge in [-0.15, -0.1) is 0 Å². The van der Waals surface area contributed by atoms with Gasteiger partial charge in [-0.3, -0.25) is 0 Å². The van der Waals surface area contributed by atoms with Crippen LogP contribution < -0.4 is 10.6 Å². The van der Waals surface area contributed by atoms with Crippen molar-refractivity contribution in [2.24, 2.45) is 5.73 Å². The van der Waals surface area contributed by atoms with Crippen molar-refractivity contribution in [1.82, 2.24) is 4.98 Å². The fourth-order valence-corrected chi connectivity index (χ4v) is 1.98. The molecule has 1 fully saturated rings. The Morgan fingerprint density at radius 2 is 2.12 bits per heavy atom. The van der Waals surface area contributed by atoms with Crippen LogP contribution in [0.4, 0.5) is 19.0 Å². The number of alkyl halides is 3. The number of nitrogens with zero attached hydrogens (tertiary/aromatic N) is 2. The standard InChI is InChI=1S/C11H14F3N3/c12-11(13,14)9-4-1-5-10(16-9)17-6-2-3-8(15)7-17/h1,4-5,8H,2-3,6-7,15H2. The van der Waals surface area contributed by atoms with E-state index in [9.17, 15) is 13.2 Å². The summed E-state index contributed by atoms with van der Waals surface area (Å²) in [6, 6.07) is 3.96. The van der Waals surface area contributed by atoms with Crippen LogP contribution in [0.25, 0.3) is 0 Å². The predicted molar refractivity (Wildman–Crippen MR) is 58.7 cm³/mol. The molecule has 2 heterocycles. The molecule has 2 rings (SSSR count). The van der Waals surface area contributed by atoms with E-state index in [1.54, 1.807) is 6.07 Å². The summed E-state index contributed by atoms with van der Waals surface area (Å²) in [6.07, 6.45) is -2.59. The molecule has 0 bridgehead atoms. The molecular weight excluding hydrogens is 231 g/mol. The highest BCUT2D eigenvalue weighted by Gasteiger charge is 2.33. The lowest BCUT2D eigenvalue weighted by molar-refractivity contribution is -0.141. The molecule has 1 saturated heterocycles. The maximum absolute atomic E-state index is 12.5. The lowest BCUT2D eigenvalue weighted by Crippen LogP contribution is -2.43. The lowest BCUT2D eigenvalue weighted by Gasteiger charge is -2.31. The molecule has 1 aromatic rings. The molecule has 0 spiro atoms. The predicted octanol–water partition coefficient (Wildman–Crippen LogP) is 2.03. The third kappa shape index (κ3) is 2.88. The van der Waals surface area contributed by atoms with E-state index in [4.69, 9.17) is 5.73 Å². The van der Waals surface area contributed by atoms with Crippen LogP contribution in [0.15, 0.2) is 18.2 Å². The number of pyridine rings is 1. The Labute approximate surface area is 97.4 Å². The van der Waals surface area contributed by atoms with Crippen molar-refractivity contribution >= 4 is 5.82 Å². The van der Waals surface area contributed by atoms with Crippen LogP contribution >= 0.6 is 0 Å². The Morgan fingerprint density at radius 1 is 1.35 bits per heavy atom. The summed E-state index contributed by atoms with van der Waals surface area (Å²) in [5.74, 6) is 0.356. The maximum atomic E-state index is 12.5. The monoisotopic (exact) mass is 245 g/mol. The van der Waals surface area contributed by atoms with E-state index >= 15 is 0 Å². The average Bonchev–Trinajstić information content (AvgIpc) is 2.28. The molecule has 1 aliphatic heterocycles. The van der Waals surface area contributed by atoms with Crippen LogP contribution in [0.1, 0.15) is 18.5 Å². The minimum atomic E-state index is -4.39. The second-order valence-electron chi connectivity index (χ2n) is 4.23. The van der Waals surface area contributed by atoms with Gasteiger partial charge in [0.25, 0.3) is 0 Å². The van der Waals surface area contributed by atoms with Crippen LogP contribution in [0.3, 0.4) is 0 Å². The molecule has 1 unspecified atom stereocenters. The third-order valence-corrected chi connectivity index (χ3v) is 2.81. The Hall–Kier alpha value is -1.30. The van der Waals surface area contributed by atoms with Gasteiger partial charge < -0.3 is 10.6 Å². The minimum absolute atomic E-state index is 0.0140. The second-order valence-corrected chi connectivity index (χ2v) is 4.23. The molecular formula is C11H14F3N3. The topological polar surface area (TPSA) is 42.1 Å². The number of anilines is 1. The Bertz CT molecular complexity index is 392. The van der Waals surface area contributed by atoms with Crippen LogP contribution in [0.5, 0.6) is 0 Å². The van der Waals surface area contributed by atoms with Crippen LogP contribution in [-0.4, -0.2) is 24.1 Å². The molecule has 0 aromatic carbocycles. The van der Waals surface area contributed by atoms with Crippen molar-refractivity contribution in [3.63, 3.8) is 0 Å². The normalized spacial score (nSPS) is 21.6. The molecule has 1 atom stereocenters. The van der Waals surface area contributed by atoms with E-state index in [2.05, 4.69) is 4.98 Å². The van der Waals surface area contributed by atoms with Gasteiger partial charge >= 0.3 is 6.18 Å². The fourth-order valence-electron chi connectivity index (χ4n) is 1.98. The van der Waals surface area contributed by atoms with Crippen molar-refractivity contribution in [2.45, 2.75) is 25.1 Å². The van der Waals surface area contributed by atoms with Crippen LogP contribution in [-0.2, 0) is 6.18 Å². The average molecular weight is 245 g/mol. The molecule has 17 heavy (non-hydrogen) atoms. The minimum Gasteiger partial charge on any atom is -0.355 e. The number of hydrogen-bond acceptors (Lipinski definition) is 3. The summed E-state index contributed by atoms with van der Waals surface area (Å²) in [6.45, 7) is 1.27. The van der Waals surface area contributed by atoms with Gasteiger partial charge in [0.15, 0.2) is 0 Å². The summed E-state index contributed by atoms with van der Waals surface area (Å²) in [7, 11) is 0. The maximum Gasteiger partial charge on any atom is 0.433 e. The molecule has 3 nitrogen and oxygen atoms in total. The zero-order valence-corrected chi connectivity index (χ0v) is 9.24. The summed E-state index contributed by atoms with van der Waals surface area (Å²) in [4.78, 5) is 5.46. The Kier molecular flexibility index (Phi) is 3.24. The van der Waals surface area contributed by atoms with Gasteiger partial charge in [0.1, 0.15) is 11.5 Å². The molecule has 0 aliphatic carbocycles. The first-order valence-electron chi connectivity index (χ1n) is 5.51. The van der Waals surface area contributed by atoms with E-state index in [-0.39, 0.29) is 6.04 Å². The molecule has 1 aliphatic rings. The molecule has 6 heteroatoms. The first-order chi connectivity index (χ1) is 7.97. The number of rotatable bonds is 1. The van der Waals surface area contributed by atoms with E-state index < -0.39 is 11.9 Å². The molecule has 0 amide bonds. The summed E-state index contributed by atoms with van der Waals surface area (Å²) in [5, 5.41) is 0. The molecule has 0 radical (unpaired) electrons. The van der Waals surface area contributed by atoms with E-state index in [0.29, 0.717) is 18.9 Å². The van der Waals surface area contributed by atoms with Crippen molar-refractivity contribution in [2.75, 3.05) is 18.0 Å². The summed E-state index contributed by atoms with van der Waals surface area (Å²) < 4.78 is 37.5. The SMILES string of the molecule is NC1CCCN(c2cccc(C(F)(F)F)n2)C1. The first-order valence-corrected chi connectivity index (χ1v) is 5.51. The van der Waals surface area contributed by atoms with Gasteiger partial charge in [-0.1, -0.05) is 6.07 Å². The quantitative estimate of drug-likeness (QED) is 0.823. The zero-order chi connectivity index (χ0) is 12.5. The smallest absolute Gasteiger partial charge is 0.355 e. The van der Waals surface area contributed by atoms with Crippen molar-refractivity contribution in [1.29, 1.82) is 0 Å². The molecule has 2 N–H and O–H groups in total. The van der Waals surface area contributed by atoms with Crippen molar-refractivity contribution in [3.8, 4) is 0 Å². The fraction of sp³-hybridized carbons (Fsp3) is 0.545. The largest absolute Gasteiger partial charge is 0.433 e. The van der Waals surface area contributed by atoms with Crippen LogP contribution in [0, 0.1) is 0 Å². The molecule has 94 valence electrons. The highest BCUT2D eigenvalue weighted by molar-refractivity contribution is 5.40. The van der Waals surface area contributed by atoms with Gasteiger partial charge in [-0.05, 0) is 25.0 Å². The lowest BCUT2D eigenvalue weighted by atomic mass is 10.1. The highest BCUT2D eigenvalue weighted by Crippen LogP contribution is 2.29. The molecule has 0 saturated carbocycles. The van der Waals surface area contributed by atoms with E-state index in [0.717, 1.165) is 18.9 Å². The third-order valence-electron chi connectivity index (χ3n) is 2.81. The van der Waals surface area contributed by atoms with E-state index in [1.165, 1.54) is 6.07 Å². The van der Waals surface area contributed by atoms with Crippen molar-refractivity contribution < 1.29 is 13.2 Å². The Morgan fingerprint density at radius 3 is 2.76 bits per heavy atom. The number of hydrogen-bond donors (Lipinski definition) is 1. The highest BCUT2D eigenvalue weighted by atomic mass is 19.4. The number of piperidine rings is 1. The molecule has 1 aromatic heterocycles. The van der Waals surface area contributed by atoms with Gasteiger partial charge in [0, 0.05) is 19.1 Å². The van der Waals surface area contributed by atoms with E-state index in [1.807, 2.05) is 4.90 Å². The van der Waals surface area contributed by atoms with Gasteiger partial charge in [-0.2, -0.15) is 13.2 Å². The Balaban J connectivity index is 2.21. The zero-order valence-electron chi connectivity index (χ0n) is 9.24. The second kappa shape index (κ2) is 4.52. The summed E-state index contributed by atoms with van der Waals surface area (Å²) in [5.41, 5.74) is 4.94. The van der Waals surface area contributed by atoms with Gasteiger partial charge in [0.2, 0.25) is 0 Å².